The van der Waals surface area contributed by atoms with Crippen LogP contribution in [0.25, 0.3) is 10.9 Å². The third-order valence-corrected chi connectivity index (χ3v) is 5.83. The third-order valence-electron chi connectivity index (χ3n) is 5.83. The Labute approximate surface area is 165 Å². The van der Waals surface area contributed by atoms with Crippen LogP contribution in [0.5, 0.6) is 5.75 Å². The van der Waals surface area contributed by atoms with Gasteiger partial charge in [0.2, 0.25) is 0 Å². The van der Waals surface area contributed by atoms with E-state index in [0.29, 0.717) is 6.04 Å². The van der Waals surface area contributed by atoms with Crippen LogP contribution in [0.15, 0.2) is 59.4 Å². The van der Waals surface area contributed by atoms with Crippen LogP contribution in [-0.4, -0.2) is 31.2 Å². The van der Waals surface area contributed by atoms with Gasteiger partial charge in [-0.25, -0.2) is 0 Å². The van der Waals surface area contributed by atoms with Gasteiger partial charge in [0.1, 0.15) is 18.8 Å². The van der Waals surface area contributed by atoms with Gasteiger partial charge in [-0.05, 0) is 24.3 Å². The van der Waals surface area contributed by atoms with E-state index in [1.807, 2.05) is 24.3 Å². The topological polar surface area (TPSA) is 63.1 Å². The maximum atomic E-state index is 12.4. The molecule has 5 heteroatoms. The van der Waals surface area contributed by atoms with E-state index in [-0.39, 0.29) is 5.56 Å². The quantitative estimate of drug-likeness (QED) is 0.595. The number of nitrogens with two attached hydrogens (primary N) is 1. The molecule has 4 rings (SSSR count). The fourth-order valence-electron chi connectivity index (χ4n) is 4.15. The van der Waals surface area contributed by atoms with Crippen molar-refractivity contribution in [3.8, 4) is 5.75 Å². The number of aromatic nitrogens is 1. The number of piperidine rings is 1. The van der Waals surface area contributed by atoms with Gasteiger partial charge in [0.25, 0.3) is 5.56 Å². The fraction of sp³-hybridized carbons (Fsp3) is 0.348. The first kappa shape index (κ1) is 18.7. The minimum absolute atomic E-state index is 0.0149. The molecular formula is C23H29N3O2+2. The highest BCUT2D eigenvalue weighted by molar-refractivity contribution is 5.80. The number of likely N-dealkylation sites (tertiary alicyclic amines) is 1. The standard InChI is InChI=1S/C23H27N3O2/c1-28-21-7-8-22-18(14-21)13-19(23(27)25-22)15-24-20-9-11-26(12-10-20)16-17-5-3-2-4-6-17/h2-8,13-14,20,24H,9-12,15-16H2,1H3,(H,25,27)/p+2. The summed E-state index contributed by atoms with van der Waals surface area (Å²) in [4.78, 5) is 17.1. The van der Waals surface area contributed by atoms with E-state index in [2.05, 4.69) is 40.6 Å². The number of benzene rings is 2. The summed E-state index contributed by atoms with van der Waals surface area (Å²) in [5.41, 5.74) is 3.12. The van der Waals surface area contributed by atoms with Gasteiger partial charge >= 0.3 is 0 Å². The molecule has 5 nitrogen and oxygen atoms in total. The zero-order valence-electron chi connectivity index (χ0n) is 16.4. The van der Waals surface area contributed by atoms with Crippen molar-refractivity contribution in [2.75, 3.05) is 20.2 Å². The second kappa shape index (κ2) is 8.59. The lowest BCUT2D eigenvalue weighted by atomic mass is 10.0. The summed E-state index contributed by atoms with van der Waals surface area (Å²) in [6.45, 7) is 4.23. The first-order chi connectivity index (χ1) is 13.7. The molecule has 0 spiro atoms. The summed E-state index contributed by atoms with van der Waals surface area (Å²) in [5, 5.41) is 3.36. The molecule has 146 valence electrons. The maximum Gasteiger partial charge on any atom is 0.257 e. The predicted molar refractivity (Wildman–Crippen MR) is 111 cm³/mol. The number of quaternary nitrogens is 2. The van der Waals surface area contributed by atoms with Crippen molar-refractivity contribution in [3.05, 3.63) is 76.1 Å². The molecular weight excluding hydrogens is 350 g/mol. The molecule has 4 N–H and O–H groups in total. The number of ether oxygens (including phenoxy) is 1. The molecule has 1 saturated heterocycles. The van der Waals surface area contributed by atoms with E-state index >= 15 is 0 Å². The Bertz CT molecular complexity index is 976. The monoisotopic (exact) mass is 379 g/mol. The number of methoxy groups -OCH3 is 1. The Morgan fingerprint density at radius 3 is 2.64 bits per heavy atom. The van der Waals surface area contributed by atoms with Crippen molar-refractivity contribution in [2.24, 2.45) is 0 Å². The van der Waals surface area contributed by atoms with Crippen molar-refractivity contribution in [1.82, 2.24) is 4.98 Å². The Morgan fingerprint density at radius 1 is 1.11 bits per heavy atom. The summed E-state index contributed by atoms with van der Waals surface area (Å²) in [7, 11) is 1.66. The summed E-state index contributed by atoms with van der Waals surface area (Å²) < 4.78 is 5.30. The number of aromatic amines is 1. The minimum Gasteiger partial charge on any atom is -0.497 e. The summed E-state index contributed by atoms with van der Waals surface area (Å²) >= 11 is 0. The zero-order chi connectivity index (χ0) is 19.3. The van der Waals surface area contributed by atoms with Crippen molar-refractivity contribution >= 4 is 10.9 Å². The fourth-order valence-corrected chi connectivity index (χ4v) is 4.15. The van der Waals surface area contributed by atoms with E-state index in [4.69, 9.17) is 4.74 Å². The van der Waals surface area contributed by atoms with Gasteiger partial charge in [-0.15, -0.1) is 0 Å². The second-order valence-corrected chi connectivity index (χ2v) is 7.77. The maximum absolute atomic E-state index is 12.4. The van der Waals surface area contributed by atoms with Crippen LogP contribution in [0.1, 0.15) is 24.0 Å². The van der Waals surface area contributed by atoms with E-state index in [9.17, 15) is 4.79 Å². The van der Waals surface area contributed by atoms with Gasteiger partial charge < -0.3 is 19.9 Å². The molecule has 3 aromatic rings. The molecule has 1 fully saturated rings. The van der Waals surface area contributed by atoms with Crippen LogP contribution in [0, 0.1) is 0 Å². The normalized spacial score (nSPS) is 19.6. The molecule has 1 aliphatic heterocycles. The second-order valence-electron chi connectivity index (χ2n) is 7.77. The number of rotatable bonds is 6. The molecule has 0 bridgehead atoms. The van der Waals surface area contributed by atoms with Gasteiger partial charge in [0.15, 0.2) is 0 Å². The van der Waals surface area contributed by atoms with Crippen molar-refractivity contribution in [3.63, 3.8) is 0 Å². The highest BCUT2D eigenvalue weighted by Crippen LogP contribution is 2.18. The lowest BCUT2D eigenvalue weighted by molar-refractivity contribution is -0.926. The lowest BCUT2D eigenvalue weighted by Gasteiger charge is -2.28. The van der Waals surface area contributed by atoms with E-state index in [1.54, 1.807) is 12.0 Å². The van der Waals surface area contributed by atoms with Crippen LogP contribution >= 0.6 is 0 Å². The van der Waals surface area contributed by atoms with Gasteiger partial charge in [0.05, 0.1) is 31.8 Å². The summed E-state index contributed by atoms with van der Waals surface area (Å²) in [5.74, 6) is 0.809. The molecule has 0 aliphatic carbocycles. The largest absolute Gasteiger partial charge is 0.497 e. The summed E-state index contributed by atoms with van der Waals surface area (Å²) in [6, 6.07) is 19.1. The molecule has 0 saturated carbocycles. The summed E-state index contributed by atoms with van der Waals surface area (Å²) in [6.07, 6.45) is 2.39. The van der Waals surface area contributed by atoms with Crippen LogP contribution in [0.3, 0.4) is 0 Å². The molecule has 0 unspecified atom stereocenters. The van der Waals surface area contributed by atoms with Gasteiger partial charge in [-0.1, -0.05) is 30.3 Å². The molecule has 2 heterocycles. The van der Waals surface area contributed by atoms with Crippen molar-refractivity contribution < 1.29 is 15.0 Å². The smallest absolute Gasteiger partial charge is 0.257 e. The Balaban J connectivity index is 1.33. The average Bonchev–Trinajstić information content (AvgIpc) is 2.74. The van der Waals surface area contributed by atoms with E-state index in [0.717, 1.165) is 35.3 Å². The zero-order valence-corrected chi connectivity index (χ0v) is 16.4. The Kier molecular flexibility index (Phi) is 5.74. The van der Waals surface area contributed by atoms with E-state index < -0.39 is 0 Å². The third kappa shape index (κ3) is 4.43. The molecule has 0 radical (unpaired) electrons. The SMILES string of the molecule is COc1ccc2[nH]c(=O)c(C[NH2+]C3CC[NH+](Cc4ccccc4)CC3)cc2c1. The number of fused-ring (bicyclic) bond motifs is 1. The van der Waals surface area contributed by atoms with Crippen LogP contribution in [0.4, 0.5) is 0 Å². The molecule has 28 heavy (non-hydrogen) atoms. The van der Waals surface area contributed by atoms with E-state index in [1.165, 1.54) is 31.5 Å². The highest BCUT2D eigenvalue weighted by Gasteiger charge is 2.24. The lowest BCUT2D eigenvalue weighted by Crippen LogP contribution is -3.13. The van der Waals surface area contributed by atoms with Crippen LogP contribution < -0.4 is 20.5 Å². The highest BCUT2D eigenvalue weighted by atomic mass is 16.5. The predicted octanol–water partition coefficient (Wildman–Crippen LogP) is 0.848. The van der Waals surface area contributed by atoms with Gasteiger partial charge in [0, 0.05) is 29.3 Å². The molecule has 1 aliphatic rings. The molecule has 0 atom stereocenters. The number of nitrogens with one attached hydrogen (secondary N) is 2. The van der Waals surface area contributed by atoms with Gasteiger partial charge in [-0.3, -0.25) is 4.79 Å². The first-order valence-electron chi connectivity index (χ1n) is 10.1. The number of hydrogen-bond acceptors (Lipinski definition) is 2. The molecule has 1 aromatic heterocycles. The molecule has 2 aromatic carbocycles. The number of hydrogen-bond donors (Lipinski definition) is 3. The van der Waals surface area contributed by atoms with Crippen LogP contribution in [0.2, 0.25) is 0 Å². The first-order valence-corrected chi connectivity index (χ1v) is 10.1. The van der Waals surface area contributed by atoms with Crippen LogP contribution in [-0.2, 0) is 13.1 Å². The van der Waals surface area contributed by atoms with Gasteiger partial charge in [-0.2, -0.15) is 0 Å². The number of H-pyrrole nitrogens is 1. The van der Waals surface area contributed by atoms with Crippen molar-refractivity contribution in [1.29, 1.82) is 0 Å². The number of pyridine rings is 1. The molecule has 0 amide bonds. The Morgan fingerprint density at radius 2 is 1.89 bits per heavy atom. The minimum atomic E-state index is 0.0149. The van der Waals surface area contributed by atoms with Crippen molar-refractivity contribution in [2.45, 2.75) is 32.0 Å². The Hall–Kier alpha value is -2.63. The average molecular weight is 380 g/mol.